The number of halogens is 1. The predicted molar refractivity (Wildman–Crippen MR) is 76.1 cm³/mol. The third kappa shape index (κ3) is 4.72. The molecule has 0 atom stereocenters. The lowest BCUT2D eigenvalue weighted by Gasteiger charge is -2.03. The van der Waals surface area contributed by atoms with Crippen LogP contribution in [-0.2, 0) is 10.1 Å². The van der Waals surface area contributed by atoms with Gasteiger partial charge in [0.1, 0.15) is 0 Å². The van der Waals surface area contributed by atoms with Gasteiger partial charge < -0.3 is 5.32 Å². The molecule has 1 aromatic carbocycles. The Kier molecular flexibility index (Phi) is 6.16. The molecule has 1 aromatic rings. The second kappa shape index (κ2) is 7.67. The molecule has 0 radical (unpaired) electrons. The minimum absolute atomic E-state index is 0.0176. The summed E-state index contributed by atoms with van der Waals surface area (Å²) in [6, 6.07) is 7.75. The molecule has 0 aliphatic rings. The monoisotopic (exact) mass is 306 g/mol. The lowest BCUT2D eigenvalue weighted by atomic mass is 10.0. The number of amides is 1. The van der Waals surface area contributed by atoms with Crippen molar-refractivity contribution in [3.8, 4) is 6.07 Å². The summed E-state index contributed by atoms with van der Waals surface area (Å²) in [7, 11) is 0. The Bertz CT molecular complexity index is 489. The molecule has 1 amide bonds. The zero-order chi connectivity index (χ0) is 13.4. The first-order chi connectivity index (χ1) is 8.67. The Morgan fingerprint density at radius 3 is 2.94 bits per heavy atom. The minimum Gasteiger partial charge on any atom is -0.356 e. The zero-order valence-electron chi connectivity index (χ0n) is 10.2. The number of hydrogen-bond donors (Lipinski definition) is 1. The largest absolute Gasteiger partial charge is 0.356 e. The van der Waals surface area contributed by atoms with E-state index in [2.05, 4.69) is 27.3 Å². The van der Waals surface area contributed by atoms with E-state index >= 15 is 0 Å². The summed E-state index contributed by atoms with van der Waals surface area (Å²) in [4.78, 5) is 10.7. The quantitative estimate of drug-likeness (QED) is 0.671. The van der Waals surface area contributed by atoms with Crippen molar-refractivity contribution >= 4 is 27.9 Å². The van der Waals surface area contributed by atoms with Gasteiger partial charge in [-0.2, -0.15) is 5.26 Å². The minimum atomic E-state index is -0.0176. The van der Waals surface area contributed by atoms with Gasteiger partial charge in [-0.1, -0.05) is 34.1 Å². The SMILES string of the molecule is CC(=O)NCCC=Cc1cc(C#N)ccc1CBr. The van der Waals surface area contributed by atoms with Crippen molar-refractivity contribution in [3.63, 3.8) is 0 Å². The predicted octanol–water partition coefficient (Wildman–Crippen LogP) is 2.99. The Balaban J connectivity index is 2.67. The first-order valence-electron chi connectivity index (χ1n) is 5.67. The molecule has 0 aliphatic carbocycles. The van der Waals surface area contributed by atoms with E-state index in [0.717, 1.165) is 22.9 Å². The van der Waals surface area contributed by atoms with Crippen LogP contribution in [0.15, 0.2) is 24.3 Å². The molecule has 3 nitrogen and oxygen atoms in total. The van der Waals surface area contributed by atoms with E-state index in [9.17, 15) is 4.79 Å². The Labute approximate surface area is 116 Å². The fourth-order valence-corrected chi connectivity index (χ4v) is 1.99. The molecule has 94 valence electrons. The van der Waals surface area contributed by atoms with E-state index in [1.54, 1.807) is 0 Å². The average molecular weight is 307 g/mol. The second-order valence-corrected chi connectivity index (χ2v) is 4.39. The fourth-order valence-electron chi connectivity index (χ4n) is 1.48. The summed E-state index contributed by atoms with van der Waals surface area (Å²) in [5.41, 5.74) is 2.83. The van der Waals surface area contributed by atoms with Crippen LogP contribution >= 0.6 is 15.9 Å². The van der Waals surface area contributed by atoms with Crippen LogP contribution in [-0.4, -0.2) is 12.5 Å². The van der Waals surface area contributed by atoms with Gasteiger partial charge in [0, 0.05) is 18.8 Å². The molecule has 0 unspecified atom stereocenters. The molecule has 0 spiro atoms. The number of nitrogens with zero attached hydrogens (tertiary/aromatic N) is 1. The number of hydrogen-bond acceptors (Lipinski definition) is 2. The lowest BCUT2D eigenvalue weighted by Crippen LogP contribution is -2.20. The van der Waals surface area contributed by atoms with Gasteiger partial charge in [0.2, 0.25) is 5.91 Å². The lowest BCUT2D eigenvalue weighted by molar-refractivity contribution is -0.118. The topological polar surface area (TPSA) is 52.9 Å². The maximum Gasteiger partial charge on any atom is 0.216 e. The van der Waals surface area contributed by atoms with Crippen LogP contribution in [0, 0.1) is 11.3 Å². The van der Waals surface area contributed by atoms with Crippen LogP contribution in [0.1, 0.15) is 30.0 Å². The number of rotatable bonds is 5. The van der Waals surface area contributed by atoms with E-state index < -0.39 is 0 Å². The first-order valence-corrected chi connectivity index (χ1v) is 6.79. The van der Waals surface area contributed by atoms with Crippen LogP contribution < -0.4 is 5.32 Å². The standard InChI is InChI=1S/C14H15BrN2O/c1-11(18)17-7-3-2-4-13-8-12(10-16)5-6-14(13)9-15/h2,4-6,8H,3,7,9H2,1H3,(H,17,18). The second-order valence-electron chi connectivity index (χ2n) is 3.83. The highest BCUT2D eigenvalue weighted by Crippen LogP contribution is 2.16. The number of carbonyl (C=O) groups is 1. The van der Waals surface area contributed by atoms with E-state index in [1.807, 2.05) is 30.4 Å². The van der Waals surface area contributed by atoms with Gasteiger partial charge in [-0.05, 0) is 29.7 Å². The number of carbonyl (C=O) groups excluding carboxylic acids is 1. The number of benzene rings is 1. The summed E-state index contributed by atoms with van der Waals surface area (Å²) in [5.74, 6) is -0.0176. The van der Waals surface area contributed by atoms with Crippen LogP contribution in [0.2, 0.25) is 0 Å². The molecule has 0 bridgehead atoms. The number of nitrogens with one attached hydrogen (secondary N) is 1. The van der Waals surface area contributed by atoms with E-state index in [1.165, 1.54) is 6.92 Å². The summed E-state index contributed by atoms with van der Waals surface area (Å²) in [6.07, 6.45) is 4.76. The molecule has 18 heavy (non-hydrogen) atoms. The maximum absolute atomic E-state index is 10.7. The molecular weight excluding hydrogens is 292 g/mol. The zero-order valence-corrected chi connectivity index (χ0v) is 11.8. The fraction of sp³-hybridized carbons (Fsp3) is 0.286. The number of alkyl halides is 1. The molecular formula is C14H15BrN2O. The van der Waals surface area contributed by atoms with Gasteiger partial charge in [0.25, 0.3) is 0 Å². The Hall–Kier alpha value is -1.60. The van der Waals surface area contributed by atoms with Crippen molar-refractivity contribution in [1.29, 1.82) is 5.26 Å². The molecule has 0 aromatic heterocycles. The highest BCUT2D eigenvalue weighted by Gasteiger charge is 1.99. The normalized spacial score (nSPS) is 10.3. The van der Waals surface area contributed by atoms with Crippen molar-refractivity contribution in [3.05, 3.63) is 41.0 Å². The molecule has 1 N–H and O–H groups in total. The molecule has 0 aliphatic heterocycles. The summed E-state index contributed by atoms with van der Waals surface area (Å²) in [5, 5.41) is 12.3. The van der Waals surface area contributed by atoms with Crippen molar-refractivity contribution < 1.29 is 4.79 Å². The van der Waals surface area contributed by atoms with Crippen LogP contribution in [0.25, 0.3) is 6.08 Å². The smallest absolute Gasteiger partial charge is 0.216 e. The Morgan fingerprint density at radius 1 is 1.56 bits per heavy atom. The van der Waals surface area contributed by atoms with Gasteiger partial charge in [-0.25, -0.2) is 0 Å². The third-order valence-electron chi connectivity index (χ3n) is 2.40. The van der Waals surface area contributed by atoms with Gasteiger partial charge >= 0.3 is 0 Å². The summed E-state index contributed by atoms with van der Waals surface area (Å²) < 4.78 is 0. The van der Waals surface area contributed by atoms with Crippen molar-refractivity contribution in [2.24, 2.45) is 0 Å². The van der Waals surface area contributed by atoms with E-state index in [4.69, 9.17) is 5.26 Å². The molecule has 0 heterocycles. The van der Waals surface area contributed by atoms with E-state index in [0.29, 0.717) is 12.1 Å². The highest BCUT2D eigenvalue weighted by atomic mass is 79.9. The van der Waals surface area contributed by atoms with Crippen LogP contribution in [0.4, 0.5) is 0 Å². The number of nitriles is 1. The van der Waals surface area contributed by atoms with E-state index in [-0.39, 0.29) is 5.91 Å². The van der Waals surface area contributed by atoms with Gasteiger partial charge in [-0.3, -0.25) is 4.79 Å². The van der Waals surface area contributed by atoms with Gasteiger partial charge in [0.15, 0.2) is 0 Å². The first kappa shape index (κ1) is 14.5. The summed E-state index contributed by atoms with van der Waals surface area (Å²) in [6.45, 7) is 2.14. The molecule has 1 rings (SSSR count). The highest BCUT2D eigenvalue weighted by molar-refractivity contribution is 9.08. The van der Waals surface area contributed by atoms with Crippen LogP contribution in [0.3, 0.4) is 0 Å². The van der Waals surface area contributed by atoms with Crippen LogP contribution in [0.5, 0.6) is 0 Å². The van der Waals surface area contributed by atoms with Crippen molar-refractivity contribution in [1.82, 2.24) is 5.32 Å². The van der Waals surface area contributed by atoms with Gasteiger partial charge in [-0.15, -0.1) is 0 Å². The van der Waals surface area contributed by atoms with Crippen molar-refractivity contribution in [2.75, 3.05) is 6.54 Å². The Morgan fingerprint density at radius 2 is 2.33 bits per heavy atom. The maximum atomic E-state index is 10.7. The molecule has 4 heteroatoms. The van der Waals surface area contributed by atoms with Crippen molar-refractivity contribution in [2.45, 2.75) is 18.7 Å². The van der Waals surface area contributed by atoms with Gasteiger partial charge in [0.05, 0.1) is 11.6 Å². The molecule has 0 saturated heterocycles. The molecule has 0 saturated carbocycles. The summed E-state index contributed by atoms with van der Waals surface area (Å²) >= 11 is 3.42. The molecule has 0 fully saturated rings. The average Bonchev–Trinajstić information content (AvgIpc) is 2.37. The third-order valence-corrected chi connectivity index (χ3v) is 3.01.